The molecule has 1 amide bonds. The van der Waals surface area contributed by atoms with E-state index in [4.69, 9.17) is 4.42 Å². The average molecular weight is 458 g/mol. The highest BCUT2D eigenvalue weighted by atomic mass is 32.2. The standard InChI is InChI=1S/C21H16FN3O4S2/c22-18-9-2-1-8-17(18)21-23-13-19(30-21)20(26)25-14-5-3-7-16(11-14)31(27,28)24-12-15-6-4-10-29-15/h1-11,13,24H,12H2,(H,25,26). The third-order valence-electron chi connectivity index (χ3n) is 4.25. The summed E-state index contributed by atoms with van der Waals surface area (Å²) < 4.78 is 46.5. The van der Waals surface area contributed by atoms with E-state index in [-0.39, 0.29) is 16.3 Å². The van der Waals surface area contributed by atoms with Crippen LogP contribution in [0, 0.1) is 5.82 Å². The maximum Gasteiger partial charge on any atom is 0.267 e. The molecule has 7 nitrogen and oxygen atoms in total. The third kappa shape index (κ3) is 4.88. The Kier molecular flexibility index (Phi) is 5.94. The summed E-state index contributed by atoms with van der Waals surface area (Å²) in [5.41, 5.74) is 0.606. The van der Waals surface area contributed by atoms with Gasteiger partial charge in [0.2, 0.25) is 10.0 Å². The molecule has 0 saturated heterocycles. The Hall–Kier alpha value is -3.34. The van der Waals surface area contributed by atoms with Crippen molar-refractivity contribution in [2.24, 2.45) is 0 Å². The second kappa shape index (κ2) is 8.80. The zero-order chi connectivity index (χ0) is 21.8. The SMILES string of the molecule is O=C(Nc1cccc(S(=O)(=O)NCc2ccco2)c1)c1cnc(-c2ccccc2F)s1. The molecule has 0 spiro atoms. The monoisotopic (exact) mass is 457 g/mol. The van der Waals surface area contributed by atoms with Crippen molar-refractivity contribution in [1.82, 2.24) is 9.71 Å². The topological polar surface area (TPSA) is 101 Å². The van der Waals surface area contributed by atoms with Crippen molar-refractivity contribution in [3.8, 4) is 10.6 Å². The number of hydrogen-bond donors (Lipinski definition) is 2. The van der Waals surface area contributed by atoms with E-state index >= 15 is 0 Å². The molecule has 31 heavy (non-hydrogen) atoms. The number of furan rings is 1. The van der Waals surface area contributed by atoms with E-state index in [2.05, 4.69) is 15.0 Å². The predicted octanol–water partition coefficient (Wildman–Crippen LogP) is 4.27. The van der Waals surface area contributed by atoms with E-state index in [0.717, 1.165) is 11.3 Å². The first kappa shape index (κ1) is 20.9. The van der Waals surface area contributed by atoms with Gasteiger partial charge in [0.15, 0.2) is 0 Å². The predicted molar refractivity (Wildman–Crippen MR) is 115 cm³/mol. The van der Waals surface area contributed by atoms with Crippen molar-refractivity contribution in [2.45, 2.75) is 11.4 Å². The molecule has 158 valence electrons. The Morgan fingerprint density at radius 3 is 2.71 bits per heavy atom. The molecule has 0 fully saturated rings. The lowest BCUT2D eigenvalue weighted by molar-refractivity contribution is 0.103. The number of aromatic nitrogens is 1. The largest absolute Gasteiger partial charge is 0.468 e. The van der Waals surface area contributed by atoms with Crippen molar-refractivity contribution < 1.29 is 22.0 Å². The minimum absolute atomic E-state index is 0.00556. The molecule has 4 aromatic rings. The van der Waals surface area contributed by atoms with Crippen LogP contribution in [0.15, 0.2) is 82.4 Å². The number of nitrogens with one attached hydrogen (secondary N) is 2. The summed E-state index contributed by atoms with van der Waals surface area (Å²) >= 11 is 1.04. The number of benzene rings is 2. The van der Waals surface area contributed by atoms with Crippen molar-refractivity contribution >= 4 is 33.0 Å². The smallest absolute Gasteiger partial charge is 0.267 e. The maximum atomic E-state index is 13.9. The Morgan fingerprint density at radius 1 is 1.10 bits per heavy atom. The molecule has 0 aliphatic carbocycles. The van der Waals surface area contributed by atoms with Gasteiger partial charge in [-0.1, -0.05) is 18.2 Å². The summed E-state index contributed by atoms with van der Waals surface area (Å²) in [6.45, 7) is 0.00556. The highest BCUT2D eigenvalue weighted by Crippen LogP contribution is 2.28. The number of carbonyl (C=O) groups is 1. The molecule has 0 atom stereocenters. The minimum atomic E-state index is -3.81. The Morgan fingerprint density at radius 2 is 1.94 bits per heavy atom. The fourth-order valence-electron chi connectivity index (χ4n) is 2.73. The average Bonchev–Trinajstić information content (AvgIpc) is 3.45. The molecular weight excluding hydrogens is 441 g/mol. The van der Waals surface area contributed by atoms with E-state index in [0.29, 0.717) is 22.0 Å². The van der Waals surface area contributed by atoms with Gasteiger partial charge in [-0.3, -0.25) is 4.79 Å². The summed E-state index contributed by atoms with van der Waals surface area (Å²) in [5.74, 6) is -0.425. The van der Waals surface area contributed by atoms with Crippen LogP contribution in [-0.2, 0) is 16.6 Å². The number of sulfonamides is 1. The van der Waals surface area contributed by atoms with E-state index in [1.807, 2.05) is 0 Å². The third-order valence-corrected chi connectivity index (χ3v) is 6.68. The number of amides is 1. The van der Waals surface area contributed by atoms with Gasteiger partial charge in [0.05, 0.1) is 23.9 Å². The zero-order valence-electron chi connectivity index (χ0n) is 15.9. The van der Waals surface area contributed by atoms with Crippen molar-refractivity contribution in [1.29, 1.82) is 0 Å². The molecular formula is C21H16FN3O4S2. The van der Waals surface area contributed by atoms with Crippen LogP contribution in [0.4, 0.5) is 10.1 Å². The van der Waals surface area contributed by atoms with Crippen molar-refractivity contribution in [3.63, 3.8) is 0 Å². The molecule has 0 aliphatic rings. The van der Waals surface area contributed by atoms with Crippen LogP contribution in [0.3, 0.4) is 0 Å². The summed E-state index contributed by atoms with van der Waals surface area (Å²) in [5, 5.41) is 3.02. The number of carbonyl (C=O) groups excluding carboxylic acids is 1. The Balaban J connectivity index is 1.47. The fraction of sp³-hybridized carbons (Fsp3) is 0.0476. The summed E-state index contributed by atoms with van der Waals surface area (Å²) in [4.78, 5) is 17.0. The Labute approximate surface area is 181 Å². The highest BCUT2D eigenvalue weighted by Gasteiger charge is 2.17. The quantitative estimate of drug-likeness (QED) is 0.432. The van der Waals surface area contributed by atoms with Gasteiger partial charge in [0.25, 0.3) is 5.91 Å². The summed E-state index contributed by atoms with van der Waals surface area (Å²) in [6, 6.07) is 15.3. The molecule has 0 radical (unpaired) electrons. The first-order valence-corrected chi connectivity index (χ1v) is 11.4. The van der Waals surface area contributed by atoms with Crippen LogP contribution in [-0.4, -0.2) is 19.3 Å². The van der Waals surface area contributed by atoms with Gasteiger partial charge in [-0.25, -0.2) is 22.5 Å². The molecule has 10 heteroatoms. The van der Waals surface area contributed by atoms with Gasteiger partial charge in [-0.05, 0) is 42.5 Å². The van der Waals surface area contributed by atoms with Crippen molar-refractivity contribution in [3.05, 3.63) is 89.6 Å². The van der Waals surface area contributed by atoms with E-state index in [1.54, 1.807) is 36.4 Å². The fourth-order valence-corrected chi connectivity index (χ4v) is 4.61. The van der Waals surface area contributed by atoms with Crippen LogP contribution < -0.4 is 10.0 Å². The lowest BCUT2D eigenvalue weighted by atomic mass is 10.2. The van der Waals surface area contributed by atoms with E-state index in [9.17, 15) is 17.6 Å². The molecule has 2 heterocycles. The first-order chi connectivity index (χ1) is 14.9. The van der Waals surface area contributed by atoms with Crippen LogP contribution >= 0.6 is 11.3 Å². The Bertz CT molecular complexity index is 1320. The molecule has 4 rings (SSSR count). The number of hydrogen-bond acceptors (Lipinski definition) is 6. The van der Waals surface area contributed by atoms with E-state index in [1.165, 1.54) is 36.7 Å². The lowest BCUT2D eigenvalue weighted by Crippen LogP contribution is -2.23. The highest BCUT2D eigenvalue weighted by molar-refractivity contribution is 7.89. The van der Waals surface area contributed by atoms with Gasteiger partial charge in [-0.15, -0.1) is 11.3 Å². The maximum absolute atomic E-state index is 13.9. The number of rotatable bonds is 7. The van der Waals surface area contributed by atoms with Gasteiger partial charge in [-0.2, -0.15) is 0 Å². The first-order valence-electron chi connectivity index (χ1n) is 9.06. The number of thiazole rings is 1. The second-order valence-electron chi connectivity index (χ2n) is 6.40. The molecule has 0 unspecified atom stereocenters. The van der Waals surface area contributed by atoms with Crippen LogP contribution in [0.2, 0.25) is 0 Å². The molecule has 0 aliphatic heterocycles. The molecule has 2 aromatic carbocycles. The minimum Gasteiger partial charge on any atom is -0.468 e. The molecule has 2 N–H and O–H groups in total. The molecule has 0 saturated carbocycles. The lowest BCUT2D eigenvalue weighted by Gasteiger charge is -2.08. The van der Waals surface area contributed by atoms with Crippen LogP contribution in [0.1, 0.15) is 15.4 Å². The molecule has 0 bridgehead atoms. The summed E-state index contributed by atoms with van der Waals surface area (Å²) in [7, 11) is -3.81. The number of halogens is 1. The molecule has 2 aromatic heterocycles. The zero-order valence-corrected chi connectivity index (χ0v) is 17.5. The normalized spacial score (nSPS) is 11.4. The van der Waals surface area contributed by atoms with Crippen LogP contribution in [0.25, 0.3) is 10.6 Å². The number of anilines is 1. The van der Waals surface area contributed by atoms with Gasteiger partial charge in [0.1, 0.15) is 21.5 Å². The van der Waals surface area contributed by atoms with Gasteiger partial charge < -0.3 is 9.73 Å². The van der Waals surface area contributed by atoms with Crippen LogP contribution in [0.5, 0.6) is 0 Å². The second-order valence-corrected chi connectivity index (χ2v) is 9.19. The van der Waals surface area contributed by atoms with Crippen molar-refractivity contribution in [2.75, 3.05) is 5.32 Å². The van der Waals surface area contributed by atoms with Gasteiger partial charge >= 0.3 is 0 Å². The van der Waals surface area contributed by atoms with E-state index < -0.39 is 21.7 Å². The summed E-state index contributed by atoms with van der Waals surface area (Å²) in [6.07, 6.45) is 2.81. The number of nitrogens with zero attached hydrogens (tertiary/aromatic N) is 1. The van der Waals surface area contributed by atoms with Gasteiger partial charge in [0, 0.05) is 11.3 Å².